The van der Waals surface area contributed by atoms with Crippen molar-refractivity contribution >= 4 is 29.1 Å². The minimum absolute atomic E-state index is 0.0694. The first-order valence-corrected chi connectivity index (χ1v) is 8.03. The number of amides is 1. The Bertz CT molecular complexity index is 912. The van der Waals surface area contributed by atoms with Crippen LogP contribution in [0.4, 0.5) is 0 Å². The van der Waals surface area contributed by atoms with Gasteiger partial charge in [-0.05, 0) is 30.3 Å². The maximum atomic E-state index is 12.2. The van der Waals surface area contributed by atoms with Crippen molar-refractivity contribution in [1.82, 2.24) is 15.5 Å². The second-order valence-electron chi connectivity index (χ2n) is 5.01. The fourth-order valence-electron chi connectivity index (χ4n) is 2.18. The van der Waals surface area contributed by atoms with Crippen LogP contribution < -0.4 is 10.1 Å². The highest BCUT2D eigenvalue weighted by atomic mass is 35.5. The van der Waals surface area contributed by atoms with Crippen molar-refractivity contribution in [1.29, 1.82) is 0 Å². The van der Waals surface area contributed by atoms with Gasteiger partial charge in [-0.15, -0.1) is 10.2 Å². The van der Waals surface area contributed by atoms with Crippen LogP contribution in [0, 0.1) is 0 Å². The second-order valence-corrected chi connectivity index (χ2v) is 5.85. The van der Waals surface area contributed by atoms with E-state index < -0.39 is 0 Å². The molecule has 3 aromatic rings. The Labute approximate surface area is 153 Å². The van der Waals surface area contributed by atoms with E-state index in [0.717, 1.165) is 0 Å². The number of halogens is 2. The SMILES string of the molecule is COc1ccccc1-c1nnc(CNC(=O)c2ccc(Cl)cc2Cl)o1. The van der Waals surface area contributed by atoms with Crippen LogP contribution in [0.5, 0.6) is 5.75 Å². The van der Waals surface area contributed by atoms with Crippen molar-refractivity contribution in [3.05, 3.63) is 64.0 Å². The molecule has 0 spiro atoms. The van der Waals surface area contributed by atoms with E-state index in [1.165, 1.54) is 6.07 Å². The lowest BCUT2D eigenvalue weighted by atomic mass is 10.2. The number of para-hydroxylation sites is 1. The van der Waals surface area contributed by atoms with Gasteiger partial charge in [-0.2, -0.15) is 0 Å². The van der Waals surface area contributed by atoms with Crippen LogP contribution >= 0.6 is 23.2 Å². The Balaban J connectivity index is 1.70. The molecule has 0 fully saturated rings. The fraction of sp³-hybridized carbons (Fsp3) is 0.118. The lowest BCUT2D eigenvalue weighted by Gasteiger charge is -2.05. The lowest BCUT2D eigenvalue weighted by Crippen LogP contribution is -2.23. The van der Waals surface area contributed by atoms with Gasteiger partial charge in [0.15, 0.2) is 0 Å². The summed E-state index contributed by atoms with van der Waals surface area (Å²) < 4.78 is 10.8. The van der Waals surface area contributed by atoms with Crippen molar-refractivity contribution in [2.24, 2.45) is 0 Å². The van der Waals surface area contributed by atoms with Crippen LogP contribution in [-0.4, -0.2) is 23.2 Å². The average Bonchev–Trinajstić information content (AvgIpc) is 3.08. The van der Waals surface area contributed by atoms with Crippen LogP contribution in [0.15, 0.2) is 46.9 Å². The van der Waals surface area contributed by atoms with Crippen LogP contribution in [0.3, 0.4) is 0 Å². The molecule has 6 nitrogen and oxygen atoms in total. The predicted molar refractivity (Wildman–Crippen MR) is 93.9 cm³/mol. The summed E-state index contributed by atoms with van der Waals surface area (Å²) in [4.78, 5) is 12.2. The molecule has 0 radical (unpaired) electrons. The van der Waals surface area contributed by atoms with Crippen molar-refractivity contribution in [3.8, 4) is 17.2 Å². The number of ether oxygens (including phenoxy) is 1. The van der Waals surface area contributed by atoms with Gasteiger partial charge in [-0.25, -0.2) is 0 Å². The minimum Gasteiger partial charge on any atom is -0.496 e. The summed E-state index contributed by atoms with van der Waals surface area (Å²) in [6.45, 7) is 0.0694. The molecule has 0 saturated carbocycles. The Kier molecular flexibility index (Phi) is 5.21. The van der Waals surface area contributed by atoms with Crippen LogP contribution in [0.2, 0.25) is 10.0 Å². The number of hydrogen-bond donors (Lipinski definition) is 1. The molecule has 2 aromatic carbocycles. The highest BCUT2D eigenvalue weighted by Crippen LogP contribution is 2.28. The van der Waals surface area contributed by atoms with E-state index in [4.69, 9.17) is 32.4 Å². The molecule has 3 rings (SSSR count). The third-order valence-electron chi connectivity index (χ3n) is 3.38. The molecule has 1 N–H and O–H groups in total. The largest absolute Gasteiger partial charge is 0.496 e. The number of nitrogens with zero attached hydrogens (tertiary/aromatic N) is 2. The lowest BCUT2D eigenvalue weighted by molar-refractivity contribution is 0.0947. The third-order valence-corrected chi connectivity index (χ3v) is 3.93. The number of aromatic nitrogens is 2. The van der Waals surface area contributed by atoms with Gasteiger partial charge in [0.25, 0.3) is 11.8 Å². The number of hydrogen-bond acceptors (Lipinski definition) is 5. The first-order valence-electron chi connectivity index (χ1n) is 7.27. The smallest absolute Gasteiger partial charge is 0.253 e. The predicted octanol–water partition coefficient (Wildman–Crippen LogP) is 3.98. The number of carbonyl (C=O) groups excluding carboxylic acids is 1. The molecule has 1 heterocycles. The number of benzene rings is 2. The monoisotopic (exact) mass is 377 g/mol. The Morgan fingerprint density at radius 2 is 2.00 bits per heavy atom. The Morgan fingerprint density at radius 3 is 2.76 bits per heavy atom. The number of carbonyl (C=O) groups is 1. The van der Waals surface area contributed by atoms with Gasteiger partial charge < -0.3 is 14.5 Å². The topological polar surface area (TPSA) is 77.3 Å². The van der Waals surface area contributed by atoms with Crippen molar-refractivity contribution in [2.75, 3.05) is 7.11 Å². The maximum absolute atomic E-state index is 12.2. The zero-order valence-corrected chi connectivity index (χ0v) is 14.6. The van der Waals surface area contributed by atoms with Crippen LogP contribution in [-0.2, 0) is 6.54 Å². The van der Waals surface area contributed by atoms with E-state index in [-0.39, 0.29) is 23.4 Å². The Hall–Kier alpha value is -2.57. The molecule has 0 aliphatic heterocycles. The molecular weight excluding hydrogens is 365 g/mol. The first kappa shape index (κ1) is 17.3. The minimum atomic E-state index is -0.362. The molecule has 0 atom stereocenters. The van der Waals surface area contributed by atoms with E-state index in [1.807, 2.05) is 18.2 Å². The molecule has 25 heavy (non-hydrogen) atoms. The number of methoxy groups -OCH3 is 1. The molecule has 1 aromatic heterocycles. The van der Waals surface area contributed by atoms with Gasteiger partial charge in [-0.3, -0.25) is 4.79 Å². The van der Waals surface area contributed by atoms with Crippen LogP contribution in [0.1, 0.15) is 16.2 Å². The summed E-state index contributed by atoms with van der Waals surface area (Å²) >= 11 is 11.8. The molecule has 128 valence electrons. The molecule has 0 saturated heterocycles. The van der Waals surface area contributed by atoms with E-state index in [1.54, 1.807) is 25.3 Å². The van der Waals surface area contributed by atoms with Gasteiger partial charge in [0.05, 0.1) is 29.8 Å². The maximum Gasteiger partial charge on any atom is 0.253 e. The second kappa shape index (κ2) is 7.55. The fourth-order valence-corrected chi connectivity index (χ4v) is 2.67. The number of rotatable bonds is 5. The van der Waals surface area contributed by atoms with Crippen molar-refractivity contribution in [2.45, 2.75) is 6.54 Å². The van der Waals surface area contributed by atoms with Crippen molar-refractivity contribution in [3.63, 3.8) is 0 Å². The summed E-state index contributed by atoms with van der Waals surface area (Å²) in [5.41, 5.74) is 0.992. The molecule has 0 aliphatic carbocycles. The van der Waals surface area contributed by atoms with E-state index in [2.05, 4.69) is 15.5 Å². The zero-order chi connectivity index (χ0) is 17.8. The zero-order valence-electron chi connectivity index (χ0n) is 13.1. The summed E-state index contributed by atoms with van der Waals surface area (Å²) in [5.74, 6) is 0.832. The summed E-state index contributed by atoms with van der Waals surface area (Å²) in [5, 5.41) is 11.3. The third kappa shape index (κ3) is 3.92. The van der Waals surface area contributed by atoms with Gasteiger partial charge in [-0.1, -0.05) is 35.3 Å². The van der Waals surface area contributed by atoms with Gasteiger partial charge >= 0.3 is 0 Å². The average molecular weight is 378 g/mol. The molecule has 0 aliphatic rings. The van der Waals surface area contributed by atoms with Gasteiger partial charge in [0, 0.05) is 5.02 Å². The molecule has 1 amide bonds. The Morgan fingerprint density at radius 1 is 1.20 bits per heavy atom. The highest BCUT2D eigenvalue weighted by molar-refractivity contribution is 6.36. The summed E-state index contributed by atoms with van der Waals surface area (Å²) in [6, 6.07) is 11.9. The van der Waals surface area contributed by atoms with E-state index in [9.17, 15) is 4.79 Å². The summed E-state index contributed by atoms with van der Waals surface area (Å²) in [7, 11) is 1.56. The molecule has 8 heteroatoms. The van der Waals surface area contributed by atoms with Gasteiger partial charge in [0.2, 0.25) is 5.89 Å². The standard InChI is InChI=1S/C17H13Cl2N3O3/c1-24-14-5-3-2-4-12(14)17-22-21-15(25-17)9-20-16(23)11-7-6-10(18)8-13(11)19/h2-8H,9H2,1H3,(H,20,23). The van der Waals surface area contributed by atoms with E-state index in [0.29, 0.717) is 27.8 Å². The first-order chi connectivity index (χ1) is 12.1. The molecule has 0 bridgehead atoms. The normalized spacial score (nSPS) is 10.5. The molecule has 0 unspecified atom stereocenters. The number of nitrogens with one attached hydrogen (secondary N) is 1. The highest BCUT2D eigenvalue weighted by Gasteiger charge is 2.15. The van der Waals surface area contributed by atoms with Crippen LogP contribution in [0.25, 0.3) is 11.5 Å². The van der Waals surface area contributed by atoms with Crippen molar-refractivity contribution < 1.29 is 13.9 Å². The quantitative estimate of drug-likeness (QED) is 0.727. The van der Waals surface area contributed by atoms with Gasteiger partial charge in [0.1, 0.15) is 5.75 Å². The molecular formula is C17H13Cl2N3O3. The van der Waals surface area contributed by atoms with E-state index >= 15 is 0 Å². The summed E-state index contributed by atoms with van der Waals surface area (Å²) in [6.07, 6.45) is 0.